The number of halogens is 1. The topological polar surface area (TPSA) is 70.8 Å². The molecule has 21 heavy (non-hydrogen) atoms. The van der Waals surface area contributed by atoms with Crippen molar-refractivity contribution in [1.82, 2.24) is 4.98 Å². The Morgan fingerprint density at radius 1 is 1.24 bits per heavy atom. The summed E-state index contributed by atoms with van der Waals surface area (Å²) in [4.78, 5) is 4.16. The lowest BCUT2D eigenvalue weighted by Gasteiger charge is -2.04. The summed E-state index contributed by atoms with van der Waals surface area (Å²) in [6.07, 6.45) is 1.51. The summed E-state index contributed by atoms with van der Waals surface area (Å²) in [5.41, 5.74) is 0.480. The third kappa shape index (κ3) is 4.28. The number of rotatable bonds is 5. The average Bonchev–Trinajstić information content (AvgIpc) is 2.48. The summed E-state index contributed by atoms with van der Waals surface area (Å²) in [6, 6.07) is 9.94. The van der Waals surface area contributed by atoms with E-state index >= 15 is 0 Å². The highest BCUT2D eigenvalue weighted by Crippen LogP contribution is 2.19. The first-order chi connectivity index (χ1) is 10.0. The summed E-state index contributed by atoms with van der Waals surface area (Å²) in [5, 5.41) is 9.37. The molecule has 0 aliphatic rings. The maximum absolute atomic E-state index is 12.8. The van der Waals surface area contributed by atoms with Crippen molar-refractivity contribution in [2.24, 2.45) is 0 Å². The molecule has 0 amide bonds. The minimum atomic E-state index is -3.44. The number of nitrogens with zero attached hydrogens (tertiary/aromatic N) is 2. The molecule has 0 aliphatic heterocycles. The van der Waals surface area contributed by atoms with Gasteiger partial charge in [-0.2, -0.15) is 5.26 Å². The summed E-state index contributed by atoms with van der Waals surface area (Å²) < 4.78 is 36.9. The summed E-state index contributed by atoms with van der Waals surface area (Å²) >= 11 is 1.26. The zero-order chi connectivity index (χ0) is 15.3. The number of pyridine rings is 1. The molecule has 1 aromatic carbocycles. The smallest absolute Gasteiger partial charge is 0.179 e. The van der Waals surface area contributed by atoms with E-state index in [4.69, 9.17) is 5.26 Å². The standard InChI is InChI=1S/C14H11FN2O2S2/c15-12-1-3-13(4-2-12)21(18,19)8-7-20-14-9-11(10-16)5-6-17-14/h1-6,9H,7-8H2. The Kier molecular flexibility index (Phi) is 4.94. The molecular formula is C14H11FN2O2S2. The van der Waals surface area contributed by atoms with Crippen molar-refractivity contribution in [3.05, 3.63) is 54.0 Å². The molecule has 0 bridgehead atoms. The van der Waals surface area contributed by atoms with Gasteiger partial charge in [-0.25, -0.2) is 17.8 Å². The first-order valence-corrected chi connectivity index (χ1v) is 8.62. The zero-order valence-corrected chi connectivity index (χ0v) is 12.5. The van der Waals surface area contributed by atoms with Gasteiger partial charge >= 0.3 is 0 Å². The first-order valence-electron chi connectivity index (χ1n) is 5.98. The Balaban J connectivity index is 1.99. The molecule has 0 radical (unpaired) electrons. The molecule has 0 saturated heterocycles. The van der Waals surface area contributed by atoms with E-state index < -0.39 is 15.7 Å². The highest BCUT2D eigenvalue weighted by atomic mass is 32.2. The minimum Gasteiger partial charge on any atom is -0.250 e. The SMILES string of the molecule is N#Cc1ccnc(SCCS(=O)(=O)c2ccc(F)cc2)c1. The van der Waals surface area contributed by atoms with Crippen molar-refractivity contribution in [2.45, 2.75) is 9.92 Å². The van der Waals surface area contributed by atoms with Crippen LogP contribution in [0.2, 0.25) is 0 Å². The lowest BCUT2D eigenvalue weighted by atomic mass is 10.3. The maximum atomic E-state index is 12.8. The van der Waals surface area contributed by atoms with E-state index in [9.17, 15) is 12.8 Å². The van der Waals surface area contributed by atoms with Gasteiger partial charge in [-0.3, -0.25) is 0 Å². The van der Waals surface area contributed by atoms with Crippen LogP contribution < -0.4 is 0 Å². The number of sulfone groups is 1. The monoisotopic (exact) mass is 322 g/mol. The lowest BCUT2D eigenvalue weighted by Crippen LogP contribution is -2.09. The molecule has 7 heteroatoms. The van der Waals surface area contributed by atoms with E-state index in [0.29, 0.717) is 16.3 Å². The van der Waals surface area contributed by atoms with Crippen molar-refractivity contribution < 1.29 is 12.8 Å². The molecule has 1 aromatic heterocycles. The predicted molar refractivity (Wildman–Crippen MR) is 78.1 cm³/mol. The van der Waals surface area contributed by atoms with Gasteiger partial charge in [0.15, 0.2) is 9.84 Å². The van der Waals surface area contributed by atoms with Crippen molar-refractivity contribution in [1.29, 1.82) is 5.26 Å². The molecule has 108 valence electrons. The van der Waals surface area contributed by atoms with Crippen LogP contribution in [0.1, 0.15) is 5.56 Å². The van der Waals surface area contributed by atoms with Crippen molar-refractivity contribution in [3.8, 4) is 6.07 Å². The third-order valence-electron chi connectivity index (χ3n) is 2.64. The van der Waals surface area contributed by atoms with E-state index in [1.165, 1.54) is 30.1 Å². The Hall–Kier alpha value is -1.91. The quantitative estimate of drug-likeness (QED) is 0.625. The van der Waals surface area contributed by atoms with E-state index in [1.807, 2.05) is 6.07 Å². The van der Waals surface area contributed by atoms with E-state index in [2.05, 4.69) is 4.98 Å². The van der Waals surface area contributed by atoms with Gasteiger partial charge in [0.2, 0.25) is 0 Å². The van der Waals surface area contributed by atoms with Gasteiger partial charge in [0.25, 0.3) is 0 Å². The second-order valence-electron chi connectivity index (χ2n) is 4.12. The summed E-state index contributed by atoms with van der Waals surface area (Å²) in [5.74, 6) is -0.246. The minimum absolute atomic E-state index is 0.0816. The lowest BCUT2D eigenvalue weighted by molar-refractivity contribution is 0.596. The molecule has 0 spiro atoms. The normalized spacial score (nSPS) is 11.0. The molecule has 4 nitrogen and oxygen atoms in total. The summed E-state index contributed by atoms with van der Waals surface area (Å²) in [6.45, 7) is 0. The summed E-state index contributed by atoms with van der Waals surface area (Å²) in [7, 11) is -3.44. The molecule has 2 aromatic rings. The zero-order valence-electron chi connectivity index (χ0n) is 10.9. The molecule has 0 saturated carbocycles. The molecule has 0 fully saturated rings. The van der Waals surface area contributed by atoms with Gasteiger partial charge < -0.3 is 0 Å². The number of hydrogen-bond acceptors (Lipinski definition) is 5. The number of benzene rings is 1. The van der Waals surface area contributed by atoms with Crippen LogP contribution >= 0.6 is 11.8 Å². The predicted octanol–water partition coefficient (Wildman–Crippen LogP) is 2.66. The Morgan fingerprint density at radius 2 is 1.95 bits per heavy atom. The largest absolute Gasteiger partial charge is 0.250 e. The van der Waals surface area contributed by atoms with E-state index in [-0.39, 0.29) is 10.6 Å². The fraction of sp³-hybridized carbons (Fsp3) is 0.143. The van der Waals surface area contributed by atoms with Crippen LogP contribution in [0.4, 0.5) is 4.39 Å². The van der Waals surface area contributed by atoms with Gasteiger partial charge in [0.05, 0.1) is 27.3 Å². The fourth-order valence-electron chi connectivity index (χ4n) is 1.57. The van der Waals surface area contributed by atoms with Crippen LogP contribution in [0.25, 0.3) is 0 Å². The first kappa shape index (κ1) is 15.5. The van der Waals surface area contributed by atoms with Gasteiger partial charge in [0, 0.05) is 11.9 Å². The van der Waals surface area contributed by atoms with Gasteiger partial charge in [-0.15, -0.1) is 11.8 Å². The van der Waals surface area contributed by atoms with Crippen LogP contribution in [-0.4, -0.2) is 24.9 Å². The van der Waals surface area contributed by atoms with Crippen molar-refractivity contribution >= 4 is 21.6 Å². The van der Waals surface area contributed by atoms with Gasteiger partial charge in [-0.1, -0.05) is 0 Å². The van der Waals surface area contributed by atoms with Crippen LogP contribution in [0.5, 0.6) is 0 Å². The molecule has 1 heterocycles. The molecule has 2 rings (SSSR count). The van der Waals surface area contributed by atoms with Crippen LogP contribution in [-0.2, 0) is 9.84 Å². The van der Waals surface area contributed by atoms with Gasteiger partial charge in [-0.05, 0) is 36.4 Å². The molecular weight excluding hydrogens is 311 g/mol. The molecule has 0 aliphatic carbocycles. The van der Waals surface area contributed by atoms with Crippen LogP contribution in [0.15, 0.2) is 52.5 Å². The number of thioether (sulfide) groups is 1. The number of aromatic nitrogens is 1. The Bertz CT molecular complexity index is 768. The number of hydrogen-bond donors (Lipinski definition) is 0. The highest BCUT2D eigenvalue weighted by Gasteiger charge is 2.14. The third-order valence-corrected chi connectivity index (χ3v) is 5.56. The second kappa shape index (κ2) is 6.70. The van der Waals surface area contributed by atoms with Gasteiger partial charge in [0.1, 0.15) is 5.82 Å². The average molecular weight is 322 g/mol. The van der Waals surface area contributed by atoms with Crippen molar-refractivity contribution in [2.75, 3.05) is 11.5 Å². The Labute approximate surface area is 126 Å². The molecule has 0 unspecified atom stereocenters. The van der Waals surface area contributed by atoms with Crippen LogP contribution in [0.3, 0.4) is 0 Å². The maximum Gasteiger partial charge on any atom is 0.179 e. The Morgan fingerprint density at radius 3 is 2.62 bits per heavy atom. The molecule has 0 N–H and O–H groups in total. The van der Waals surface area contributed by atoms with E-state index in [1.54, 1.807) is 12.1 Å². The van der Waals surface area contributed by atoms with Crippen molar-refractivity contribution in [3.63, 3.8) is 0 Å². The molecule has 0 atom stereocenters. The van der Waals surface area contributed by atoms with E-state index in [0.717, 1.165) is 12.1 Å². The number of nitriles is 1. The highest BCUT2D eigenvalue weighted by molar-refractivity contribution is 8.00. The van der Waals surface area contributed by atoms with Crippen LogP contribution in [0, 0.1) is 17.1 Å². The fourth-order valence-corrected chi connectivity index (χ4v) is 4.13. The second-order valence-corrected chi connectivity index (χ2v) is 7.34.